The lowest BCUT2D eigenvalue weighted by Crippen LogP contribution is -2.45. The normalized spacial score (nSPS) is 15.2. The molecule has 0 unspecified atom stereocenters. The smallest absolute Gasteiger partial charge is 0.338 e. The first kappa shape index (κ1) is 23.3. The highest BCUT2D eigenvalue weighted by Crippen LogP contribution is 2.31. The van der Waals surface area contributed by atoms with E-state index in [0.29, 0.717) is 24.3 Å². The van der Waals surface area contributed by atoms with Gasteiger partial charge in [0.25, 0.3) is 5.91 Å². The van der Waals surface area contributed by atoms with Gasteiger partial charge in [-0.3, -0.25) is 4.79 Å². The quantitative estimate of drug-likeness (QED) is 0.421. The third-order valence-electron chi connectivity index (χ3n) is 6.49. The van der Waals surface area contributed by atoms with Gasteiger partial charge in [0.1, 0.15) is 0 Å². The van der Waals surface area contributed by atoms with Crippen molar-refractivity contribution in [3.63, 3.8) is 0 Å². The minimum atomic E-state index is -0.328. The number of nitrogens with zero attached hydrogens (tertiary/aromatic N) is 3. The van der Waals surface area contributed by atoms with Crippen LogP contribution in [0.5, 0.6) is 0 Å². The van der Waals surface area contributed by atoms with Crippen molar-refractivity contribution in [3.8, 4) is 0 Å². The van der Waals surface area contributed by atoms with Crippen molar-refractivity contribution >= 4 is 33.7 Å². The van der Waals surface area contributed by atoms with Gasteiger partial charge in [0.15, 0.2) is 0 Å². The van der Waals surface area contributed by atoms with Crippen LogP contribution >= 0.6 is 0 Å². The first-order chi connectivity index (χ1) is 16.0. The van der Waals surface area contributed by atoms with Gasteiger partial charge in [-0.2, -0.15) is 0 Å². The number of nitrogens with one attached hydrogen (secondary N) is 1. The van der Waals surface area contributed by atoms with Gasteiger partial charge in [-0.25, -0.2) is 4.79 Å². The summed E-state index contributed by atoms with van der Waals surface area (Å²) in [4.78, 5) is 29.9. The standard InChI is InChI=1S/C26H34N4O3/c1-4-30-23-9-7-19(25(31)27-11-6-12-29-15-13-28(3)14-16-29)17-21(23)22-18-20(8-10-24(22)30)26(32)33-5-2/h7-10,17-18H,4-6,11-16H2,1-3H3,(H,27,31). The topological polar surface area (TPSA) is 66.8 Å². The summed E-state index contributed by atoms with van der Waals surface area (Å²) in [5.41, 5.74) is 3.27. The molecule has 1 aromatic heterocycles. The predicted octanol–water partition coefficient (Wildman–Crippen LogP) is 3.36. The number of esters is 1. The predicted molar refractivity (Wildman–Crippen MR) is 132 cm³/mol. The van der Waals surface area contributed by atoms with Crippen molar-refractivity contribution < 1.29 is 14.3 Å². The number of aryl methyl sites for hydroxylation is 1. The molecule has 1 aliphatic heterocycles. The second kappa shape index (κ2) is 10.4. The Balaban J connectivity index is 1.49. The largest absolute Gasteiger partial charge is 0.462 e. The maximum Gasteiger partial charge on any atom is 0.338 e. The number of amides is 1. The van der Waals surface area contributed by atoms with Crippen LogP contribution < -0.4 is 5.32 Å². The van der Waals surface area contributed by atoms with Gasteiger partial charge in [0.2, 0.25) is 0 Å². The minimum Gasteiger partial charge on any atom is -0.462 e. The maximum absolute atomic E-state index is 12.8. The maximum atomic E-state index is 12.8. The Kier molecular flexibility index (Phi) is 7.30. The van der Waals surface area contributed by atoms with Crippen LogP contribution in [0.25, 0.3) is 21.8 Å². The Bertz CT molecular complexity index is 1150. The van der Waals surface area contributed by atoms with Gasteiger partial charge >= 0.3 is 5.97 Å². The molecule has 176 valence electrons. The van der Waals surface area contributed by atoms with Crippen molar-refractivity contribution in [2.24, 2.45) is 0 Å². The van der Waals surface area contributed by atoms with Crippen LogP contribution in [0.2, 0.25) is 0 Å². The molecule has 1 fully saturated rings. The number of ether oxygens (including phenoxy) is 1. The molecule has 1 N–H and O–H groups in total. The molecule has 0 bridgehead atoms. The Morgan fingerprint density at radius 3 is 2.21 bits per heavy atom. The summed E-state index contributed by atoms with van der Waals surface area (Å²) >= 11 is 0. The first-order valence-corrected chi connectivity index (χ1v) is 11.9. The molecular formula is C26H34N4O3. The van der Waals surface area contributed by atoms with Crippen LogP contribution in [-0.2, 0) is 11.3 Å². The highest BCUT2D eigenvalue weighted by Gasteiger charge is 2.16. The van der Waals surface area contributed by atoms with Crippen LogP contribution in [0.3, 0.4) is 0 Å². The number of carbonyl (C=O) groups excluding carboxylic acids is 2. The van der Waals surface area contributed by atoms with Crippen LogP contribution in [0, 0.1) is 0 Å². The SMILES string of the molecule is CCOC(=O)c1ccc2c(c1)c1cc(C(=O)NCCCN3CCN(C)CC3)ccc1n2CC. The first-order valence-electron chi connectivity index (χ1n) is 11.9. The average Bonchev–Trinajstić information content (AvgIpc) is 3.15. The van der Waals surface area contributed by atoms with E-state index in [1.807, 2.05) is 30.3 Å². The third kappa shape index (κ3) is 5.04. The zero-order chi connectivity index (χ0) is 23.4. The van der Waals surface area contributed by atoms with E-state index >= 15 is 0 Å². The number of rotatable bonds is 8. The van der Waals surface area contributed by atoms with E-state index in [4.69, 9.17) is 4.74 Å². The Morgan fingerprint density at radius 2 is 1.58 bits per heavy atom. The fourth-order valence-electron chi connectivity index (χ4n) is 4.61. The van der Waals surface area contributed by atoms with Crippen molar-refractivity contribution in [2.75, 3.05) is 52.9 Å². The lowest BCUT2D eigenvalue weighted by Gasteiger charge is -2.32. The summed E-state index contributed by atoms with van der Waals surface area (Å²) < 4.78 is 7.38. The number of piperazine rings is 1. The fourth-order valence-corrected chi connectivity index (χ4v) is 4.61. The number of fused-ring (bicyclic) bond motifs is 3. The van der Waals surface area contributed by atoms with Gasteiger partial charge in [0.05, 0.1) is 12.2 Å². The zero-order valence-electron chi connectivity index (χ0n) is 19.9. The van der Waals surface area contributed by atoms with Crippen LogP contribution in [-0.4, -0.2) is 79.2 Å². The van der Waals surface area contributed by atoms with Gasteiger partial charge < -0.3 is 24.4 Å². The second-order valence-electron chi connectivity index (χ2n) is 8.68. The molecule has 1 amide bonds. The van der Waals surface area contributed by atoms with Crippen LogP contribution in [0.4, 0.5) is 0 Å². The zero-order valence-corrected chi connectivity index (χ0v) is 19.9. The van der Waals surface area contributed by atoms with E-state index < -0.39 is 0 Å². The van der Waals surface area contributed by atoms with Gasteiger partial charge in [-0.05, 0) is 70.3 Å². The Labute approximate surface area is 195 Å². The highest BCUT2D eigenvalue weighted by atomic mass is 16.5. The number of carbonyl (C=O) groups is 2. The summed E-state index contributed by atoms with van der Waals surface area (Å²) in [6, 6.07) is 11.5. The number of benzene rings is 2. The number of hydrogen-bond acceptors (Lipinski definition) is 5. The minimum absolute atomic E-state index is 0.0609. The van der Waals surface area contributed by atoms with Gasteiger partial charge in [-0.1, -0.05) is 0 Å². The highest BCUT2D eigenvalue weighted by molar-refractivity contribution is 6.12. The molecule has 4 rings (SSSR count). The summed E-state index contributed by atoms with van der Waals surface area (Å²) in [7, 11) is 2.16. The van der Waals surface area contributed by atoms with Crippen molar-refractivity contribution in [2.45, 2.75) is 26.8 Å². The summed E-state index contributed by atoms with van der Waals surface area (Å²) in [6.45, 7) is 11.1. The van der Waals surface area contributed by atoms with Crippen molar-refractivity contribution in [1.82, 2.24) is 19.7 Å². The molecule has 2 heterocycles. The molecule has 7 nitrogen and oxygen atoms in total. The Hall–Kier alpha value is -2.90. The number of likely N-dealkylation sites (N-methyl/N-ethyl adjacent to an activating group) is 1. The van der Waals surface area contributed by atoms with E-state index in [2.05, 4.69) is 33.7 Å². The summed E-state index contributed by atoms with van der Waals surface area (Å²) in [5.74, 6) is -0.389. The molecule has 1 aliphatic rings. The van der Waals surface area contributed by atoms with Crippen LogP contribution in [0.15, 0.2) is 36.4 Å². The number of aromatic nitrogens is 1. The monoisotopic (exact) mass is 450 g/mol. The summed E-state index contributed by atoms with van der Waals surface area (Å²) in [5, 5.41) is 5.01. The average molecular weight is 451 g/mol. The molecule has 7 heteroatoms. The van der Waals surface area contributed by atoms with Crippen molar-refractivity contribution in [1.29, 1.82) is 0 Å². The molecule has 0 radical (unpaired) electrons. The summed E-state index contributed by atoms with van der Waals surface area (Å²) in [6.07, 6.45) is 0.940. The van der Waals surface area contributed by atoms with Crippen molar-refractivity contribution in [3.05, 3.63) is 47.5 Å². The molecule has 3 aromatic rings. The molecule has 0 atom stereocenters. The molecular weight excluding hydrogens is 416 g/mol. The van der Waals surface area contributed by atoms with E-state index in [1.54, 1.807) is 13.0 Å². The molecule has 1 saturated heterocycles. The fraction of sp³-hybridized carbons (Fsp3) is 0.462. The lowest BCUT2D eigenvalue weighted by molar-refractivity contribution is 0.0526. The van der Waals surface area contributed by atoms with E-state index in [1.165, 1.54) is 0 Å². The van der Waals surface area contributed by atoms with Gasteiger partial charge in [0, 0.05) is 66.6 Å². The second-order valence-corrected chi connectivity index (χ2v) is 8.68. The number of hydrogen-bond donors (Lipinski definition) is 1. The molecule has 33 heavy (non-hydrogen) atoms. The van der Waals surface area contributed by atoms with E-state index in [-0.39, 0.29) is 11.9 Å². The van der Waals surface area contributed by atoms with Gasteiger partial charge in [-0.15, -0.1) is 0 Å². The molecule has 0 saturated carbocycles. The molecule has 2 aromatic carbocycles. The molecule has 0 aliphatic carbocycles. The third-order valence-corrected chi connectivity index (χ3v) is 6.49. The molecule has 0 spiro atoms. The lowest BCUT2D eigenvalue weighted by atomic mass is 10.1. The van der Waals surface area contributed by atoms with Crippen LogP contribution in [0.1, 0.15) is 41.0 Å². The Morgan fingerprint density at radius 1 is 0.939 bits per heavy atom. The van der Waals surface area contributed by atoms with E-state index in [0.717, 1.165) is 67.5 Å². The van der Waals surface area contributed by atoms with E-state index in [9.17, 15) is 9.59 Å².